The molecule has 25 heavy (non-hydrogen) atoms. The SMILES string of the molecule is C=CC(=O)OCC(CO)(COCC(CO)(CO)CO)COC(=O)C=C. The van der Waals surface area contributed by atoms with Gasteiger partial charge in [-0.3, -0.25) is 0 Å². The van der Waals surface area contributed by atoms with Crippen molar-refractivity contribution in [1.29, 1.82) is 0 Å². The molecule has 4 N–H and O–H groups in total. The van der Waals surface area contributed by atoms with Crippen molar-refractivity contribution in [2.75, 3.05) is 52.9 Å². The molecule has 0 aromatic heterocycles. The molecule has 0 saturated heterocycles. The van der Waals surface area contributed by atoms with Crippen LogP contribution in [0, 0.1) is 10.8 Å². The van der Waals surface area contributed by atoms with Gasteiger partial charge in [0.15, 0.2) is 0 Å². The molecule has 9 nitrogen and oxygen atoms in total. The van der Waals surface area contributed by atoms with E-state index in [0.29, 0.717) is 0 Å². The van der Waals surface area contributed by atoms with Gasteiger partial charge in [0.05, 0.1) is 50.5 Å². The average molecular weight is 362 g/mol. The summed E-state index contributed by atoms with van der Waals surface area (Å²) in [6, 6.07) is 0. The van der Waals surface area contributed by atoms with Crippen molar-refractivity contribution >= 4 is 11.9 Å². The largest absolute Gasteiger partial charge is 0.462 e. The van der Waals surface area contributed by atoms with Crippen LogP contribution in [0.2, 0.25) is 0 Å². The van der Waals surface area contributed by atoms with Crippen LogP contribution in [0.3, 0.4) is 0 Å². The molecule has 0 aliphatic carbocycles. The summed E-state index contributed by atoms with van der Waals surface area (Å²) in [5.74, 6) is -1.47. The third-order valence-electron chi connectivity index (χ3n) is 3.53. The quantitative estimate of drug-likeness (QED) is 0.212. The predicted octanol–water partition coefficient (Wildman–Crippen LogP) is -1.60. The van der Waals surface area contributed by atoms with E-state index in [1.807, 2.05) is 0 Å². The normalized spacial score (nSPS) is 11.7. The summed E-state index contributed by atoms with van der Waals surface area (Å²) in [4.78, 5) is 22.5. The fourth-order valence-corrected chi connectivity index (χ4v) is 1.60. The van der Waals surface area contributed by atoms with Gasteiger partial charge in [-0.05, 0) is 0 Å². The van der Waals surface area contributed by atoms with Crippen LogP contribution in [0.25, 0.3) is 0 Å². The molecule has 0 aliphatic heterocycles. The van der Waals surface area contributed by atoms with Crippen molar-refractivity contribution in [3.63, 3.8) is 0 Å². The molecule has 0 saturated carbocycles. The van der Waals surface area contributed by atoms with Crippen molar-refractivity contribution in [3.05, 3.63) is 25.3 Å². The van der Waals surface area contributed by atoms with E-state index in [9.17, 15) is 30.0 Å². The van der Waals surface area contributed by atoms with Crippen LogP contribution in [0.1, 0.15) is 0 Å². The number of esters is 2. The first-order valence-electron chi connectivity index (χ1n) is 7.46. The van der Waals surface area contributed by atoms with Gasteiger partial charge in [-0.2, -0.15) is 0 Å². The zero-order valence-electron chi connectivity index (χ0n) is 14.1. The van der Waals surface area contributed by atoms with Crippen molar-refractivity contribution in [2.45, 2.75) is 0 Å². The van der Waals surface area contributed by atoms with E-state index in [1.54, 1.807) is 0 Å². The standard InChI is InChI=1S/C16H26O9/c1-3-13(21)24-11-16(8-20,12-25-14(22)4-2)10-23-9-15(5-17,6-18)7-19/h3-4,17-20H,1-2,5-12H2. The Hall–Kier alpha value is -1.78. The Morgan fingerprint density at radius 1 is 0.720 bits per heavy atom. The topological polar surface area (TPSA) is 143 Å². The monoisotopic (exact) mass is 362 g/mol. The molecule has 0 atom stereocenters. The zero-order chi connectivity index (χ0) is 19.3. The molecule has 144 valence electrons. The lowest BCUT2D eigenvalue weighted by molar-refractivity contribution is -0.157. The lowest BCUT2D eigenvalue weighted by atomic mass is 9.90. The van der Waals surface area contributed by atoms with E-state index in [-0.39, 0.29) is 26.4 Å². The highest BCUT2D eigenvalue weighted by Gasteiger charge is 2.36. The lowest BCUT2D eigenvalue weighted by Crippen LogP contribution is -2.44. The summed E-state index contributed by atoms with van der Waals surface area (Å²) in [5, 5.41) is 37.5. The van der Waals surface area contributed by atoms with Crippen molar-refractivity contribution in [3.8, 4) is 0 Å². The molecule has 0 bridgehead atoms. The smallest absolute Gasteiger partial charge is 0.330 e. The fraction of sp³-hybridized carbons (Fsp3) is 0.625. The molecule has 0 rings (SSSR count). The summed E-state index contributed by atoms with van der Waals surface area (Å²) < 4.78 is 15.2. The number of aliphatic hydroxyl groups excluding tert-OH is 4. The summed E-state index contributed by atoms with van der Waals surface area (Å²) in [6.07, 6.45) is 1.88. The van der Waals surface area contributed by atoms with E-state index in [0.717, 1.165) is 12.2 Å². The molecular weight excluding hydrogens is 336 g/mol. The van der Waals surface area contributed by atoms with Gasteiger partial charge in [-0.1, -0.05) is 13.2 Å². The van der Waals surface area contributed by atoms with Crippen molar-refractivity contribution in [2.24, 2.45) is 10.8 Å². The Morgan fingerprint density at radius 2 is 1.08 bits per heavy atom. The van der Waals surface area contributed by atoms with Gasteiger partial charge in [0.1, 0.15) is 13.2 Å². The molecule has 0 aromatic carbocycles. The Morgan fingerprint density at radius 3 is 1.40 bits per heavy atom. The maximum Gasteiger partial charge on any atom is 0.330 e. The Labute approximate surface area is 146 Å². The fourth-order valence-electron chi connectivity index (χ4n) is 1.60. The minimum Gasteiger partial charge on any atom is -0.462 e. The molecule has 0 amide bonds. The average Bonchev–Trinajstić information content (AvgIpc) is 2.66. The summed E-state index contributed by atoms with van der Waals surface area (Å²) in [5.41, 5.74) is -2.54. The van der Waals surface area contributed by atoms with Crippen LogP contribution < -0.4 is 0 Å². The molecule has 0 aromatic rings. The number of hydrogen-bond acceptors (Lipinski definition) is 9. The summed E-state index contributed by atoms with van der Waals surface area (Å²) >= 11 is 0. The molecule has 0 fully saturated rings. The highest BCUT2D eigenvalue weighted by molar-refractivity contribution is 5.81. The molecule has 0 heterocycles. The number of carbonyl (C=O) groups is 2. The minimum atomic E-state index is -1.27. The maximum atomic E-state index is 11.3. The predicted molar refractivity (Wildman–Crippen MR) is 86.3 cm³/mol. The number of carbonyl (C=O) groups excluding carboxylic acids is 2. The molecular formula is C16H26O9. The Kier molecular flexibility index (Phi) is 10.9. The highest BCUT2D eigenvalue weighted by atomic mass is 16.6. The van der Waals surface area contributed by atoms with Gasteiger partial charge in [0.2, 0.25) is 0 Å². The second-order valence-electron chi connectivity index (χ2n) is 5.75. The van der Waals surface area contributed by atoms with E-state index >= 15 is 0 Å². The number of hydrogen-bond donors (Lipinski definition) is 4. The van der Waals surface area contributed by atoms with E-state index < -0.39 is 49.2 Å². The van der Waals surface area contributed by atoms with Gasteiger partial charge < -0.3 is 34.6 Å². The lowest BCUT2D eigenvalue weighted by Gasteiger charge is -2.33. The van der Waals surface area contributed by atoms with Crippen LogP contribution in [0.5, 0.6) is 0 Å². The van der Waals surface area contributed by atoms with Crippen LogP contribution >= 0.6 is 0 Å². The van der Waals surface area contributed by atoms with Gasteiger partial charge in [0, 0.05) is 12.2 Å². The van der Waals surface area contributed by atoms with Gasteiger partial charge in [0.25, 0.3) is 0 Å². The second-order valence-corrected chi connectivity index (χ2v) is 5.75. The summed E-state index contributed by atoms with van der Waals surface area (Å²) in [7, 11) is 0. The molecule has 0 unspecified atom stereocenters. The van der Waals surface area contributed by atoms with Crippen LogP contribution in [-0.2, 0) is 23.8 Å². The first-order valence-corrected chi connectivity index (χ1v) is 7.46. The Bertz CT molecular complexity index is 411. The van der Waals surface area contributed by atoms with E-state index in [2.05, 4.69) is 13.2 Å². The first kappa shape index (κ1) is 23.2. The van der Waals surface area contributed by atoms with Crippen molar-refractivity contribution in [1.82, 2.24) is 0 Å². The Balaban J connectivity index is 5.00. The highest BCUT2D eigenvalue weighted by Crippen LogP contribution is 2.22. The zero-order valence-corrected chi connectivity index (χ0v) is 14.1. The minimum absolute atomic E-state index is 0.233. The van der Waals surface area contributed by atoms with Gasteiger partial charge in [-0.25, -0.2) is 9.59 Å². The maximum absolute atomic E-state index is 11.3. The molecule has 0 radical (unpaired) electrons. The van der Waals surface area contributed by atoms with E-state index in [1.165, 1.54) is 0 Å². The third kappa shape index (κ3) is 7.76. The molecule has 0 aliphatic rings. The number of rotatable bonds is 14. The number of aliphatic hydroxyl groups is 4. The third-order valence-corrected chi connectivity index (χ3v) is 3.53. The van der Waals surface area contributed by atoms with Crippen LogP contribution in [0.15, 0.2) is 25.3 Å². The van der Waals surface area contributed by atoms with Crippen molar-refractivity contribution < 1.29 is 44.2 Å². The van der Waals surface area contributed by atoms with E-state index in [4.69, 9.17) is 14.2 Å². The first-order chi connectivity index (χ1) is 11.9. The van der Waals surface area contributed by atoms with Gasteiger partial charge >= 0.3 is 11.9 Å². The molecule has 9 heteroatoms. The number of ether oxygens (including phenoxy) is 3. The van der Waals surface area contributed by atoms with Gasteiger partial charge in [-0.15, -0.1) is 0 Å². The second kappa shape index (κ2) is 11.7. The molecule has 0 spiro atoms. The van der Waals surface area contributed by atoms with Crippen LogP contribution in [-0.4, -0.2) is 85.2 Å². The van der Waals surface area contributed by atoms with Crippen LogP contribution in [0.4, 0.5) is 0 Å². The summed E-state index contributed by atoms with van der Waals surface area (Å²) in [6.45, 7) is 3.25.